The first-order chi connectivity index (χ1) is 15.0. The topological polar surface area (TPSA) is 68.5 Å². The molecule has 1 aromatic heterocycles. The molecule has 1 aliphatic heterocycles. The van der Waals surface area contributed by atoms with E-state index in [1.54, 1.807) is 26.0 Å². The van der Waals surface area contributed by atoms with E-state index in [-0.39, 0.29) is 11.1 Å². The van der Waals surface area contributed by atoms with Gasteiger partial charge in [-0.3, -0.25) is 9.59 Å². The largest absolute Gasteiger partial charge is 0.485 e. The number of benzene rings is 2. The SMILES string of the molecule is CC1(C)Oc2ccc(C(=O)c3ccccc3C(F)(F)F)cc2C(n2ccccc2=O)C1O. The lowest BCUT2D eigenvalue weighted by atomic mass is 9.84. The van der Waals surface area contributed by atoms with Gasteiger partial charge in [-0.2, -0.15) is 13.2 Å². The van der Waals surface area contributed by atoms with Gasteiger partial charge in [0.15, 0.2) is 5.78 Å². The van der Waals surface area contributed by atoms with Crippen molar-refractivity contribution in [3.05, 3.63) is 99.5 Å². The van der Waals surface area contributed by atoms with E-state index in [2.05, 4.69) is 0 Å². The number of aliphatic hydroxyl groups excluding tert-OH is 1. The molecule has 2 atom stereocenters. The zero-order valence-corrected chi connectivity index (χ0v) is 17.3. The standard InChI is InChI=1S/C24H20F3NO4/c1-23(2)22(31)20(28-12-6-5-9-19(28)29)16-13-14(10-11-18(16)32-23)21(30)15-7-3-4-8-17(15)24(25,26)27/h3-13,20,22,31H,1-2H3. The van der Waals surface area contributed by atoms with E-state index in [0.29, 0.717) is 11.3 Å². The van der Waals surface area contributed by atoms with Gasteiger partial charge in [0.2, 0.25) is 0 Å². The number of aliphatic hydroxyl groups is 1. The number of ether oxygens (including phenoxy) is 1. The highest BCUT2D eigenvalue weighted by Gasteiger charge is 2.44. The molecule has 32 heavy (non-hydrogen) atoms. The Morgan fingerprint density at radius 2 is 1.75 bits per heavy atom. The Kier molecular flexibility index (Phi) is 5.21. The van der Waals surface area contributed by atoms with Crippen LogP contribution >= 0.6 is 0 Å². The van der Waals surface area contributed by atoms with Crippen LogP contribution < -0.4 is 10.3 Å². The second-order valence-electron chi connectivity index (χ2n) is 8.17. The van der Waals surface area contributed by atoms with Crippen LogP contribution in [0, 0.1) is 0 Å². The summed E-state index contributed by atoms with van der Waals surface area (Å²) < 4.78 is 47.5. The van der Waals surface area contributed by atoms with Crippen molar-refractivity contribution in [2.75, 3.05) is 0 Å². The van der Waals surface area contributed by atoms with Gasteiger partial charge < -0.3 is 14.4 Å². The second-order valence-corrected chi connectivity index (χ2v) is 8.17. The van der Waals surface area contributed by atoms with Crippen LogP contribution in [0.1, 0.15) is 46.9 Å². The summed E-state index contributed by atoms with van der Waals surface area (Å²) in [5.74, 6) is -0.485. The fourth-order valence-electron chi connectivity index (χ4n) is 3.96. The van der Waals surface area contributed by atoms with Crippen LogP contribution in [0.4, 0.5) is 13.2 Å². The van der Waals surface area contributed by atoms with Crippen LogP contribution in [0.2, 0.25) is 0 Å². The fraction of sp³-hybridized carbons (Fsp3) is 0.250. The summed E-state index contributed by atoms with van der Waals surface area (Å²) in [4.78, 5) is 25.5. The number of alkyl halides is 3. The van der Waals surface area contributed by atoms with Gasteiger partial charge in [-0.05, 0) is 44.2 Å². The predicted octanol–water partition coefficient (Wildman–Crippen LogP) is 4.22. The first kappa shape index (κ1) is 21.8. The lowest BCUT2D eigenvalue weighted by Gasteiger charge is -2.42. The van der Waals surface area contributed by atoms with Gasteiger partial charge in [-0.1, -0.05) is 24.3 Å². The van der Waals surface area contributed by atoms with Crippen molar-refractivity contribution < 1.29 is 27.8 Å². The minimum absolute atomic E-state index is 0.00932. The molecule has 0 spiro atoms. The summed E-state index contributed by atoms with van der Waals surface area (Å²) in [5, 5.41) is 11.0. The average Bonchev–Trinajstić information content (AvgIpc) is 2.74. The third kappa shape index (κ3) is 3.71. The second kappa shape index (κ2) is 7.63. The molecule has 2 heterocycles. The van der Waals surface area contributed by atoms with Crippen molar-refractivity contribution in [1.82, 2.24) is 4.57 Å². The van der Waals surface area contributed by atoms with Crippen LogP contribution in [-0.2, 0) is 6.18 Å². The molecule has 2 aromatic carbocycles. The van der Waals surface area contributed by atoms with E-state index in [1.165, 1.54) is 47.2 Å². The summed E-state index contributed by atoms with van der Waals surface area (Å²) in [6, 6.07) is 12.4. The van der Waals surface area contributed by atoms with Crippen molar-refractivity contribution in [2.45, 2.75) is 37.8 Å². The molecule has 0 aliphatic carbocycles. The fourth-order valence-corrected chi connectivity index (χ4v) is 3.96. The van der Waals surface area contributed by atoms with Gasteiger partial charge >= 0.3 is 6.18 Å². The summed E-state index contributed by atoms with van der Waals surface area (Å²) in [6.07, 6.45) is -4.35. The number of ketones is 1. The lowest BCUT2D eigenvalue weighted by Crippen LogP contribution is -2.52. The zero-order chi connectivity index (χ0) is 23.3. The van der Waals surface area contributed by atoms with E-state index in [9.17, 15) is 27.9 Å². The van der Waals surface area contributed by atoms with Crippen LogP contribution in [0.3, 0.4) is 0 Å². The van der Waals surface area contributed by atoms with Crippen LogP contribution in [-0.4, -0.2) is 27.2 Å². The monoisotopic (exact) mass is 443 g/mol. The molecular weight excluding hydrogens is 423 g/mol. The lowest BCUT2D eigenvalue weighted by molar-refractivity contribution is -0.137. The van der Waals surface area contributed by atoms with Crippen molar-refractivity contribution in [3.63, 3.8) is 0 Å². The number of carbonyl (C=O) groups is 1. The molecule has 0 fully saturated rings. The maximum atomic E-state index is 13.4. The maximum Gasteiger partial charge on any atom is 0.417 e. The highest BCUT2D eigenvalue weighted by Crippen LogP contribution is 2.42. The van der Waals surface area contributed by atoms with E-state index in [4.69, 9.17) is 4.74 Å². The number of carbonyl (C=O) groups excluding carboxylic acids is 1. The number of nitrogens with zero attached hydrogens (tertiary/aromatic N) is 1. The predicted molar refractivity (Wildman–Crippen MR) is 111 cm³/mol. The minimum atomic E-state index is -4.69. The van der Waals surface area contributed by atoms with Crippen molar-refractivity contribution in [3.8, 4) is 5.75 Å². The van der Waals surface area contributed by atoms with Crippen molar-refractivity contribution >= 4 is 5.78 Å². The average molecular weight is 443 g/mol. The molecule has 1 N–H and O–H groups in total. The first-order valence-electron chi connectivity index (χ1n) is 9.90. The number of halogens is 3. The molecular formula is C24H20F3NO4. The molecule has 0 amide bonds. The number of rotatable bonds is 3. The van der Waals surface area contributed by atoms with Gasteiger partial charge in [0, 0.05) is 29.0 Å². The molecule has 0 bridgehead atoms. The molecule has 8 heteroatoms. The van der Waals surface area contributed by atoms with Crippen LogP contribution in [0.15, 0.2) is 71.7 Å². The Morgan fingerprint density at radius 3 is 2.44 bits per heavy atom. The number of aromatic nitrogens is 1. The van der Waals surface area contributed by atoms with Crippen molar-refractivity contribution in [2.24, 2.45) is 0 Å². The highest BCUT2D eigenvalue weighted by molar-refractivity contribution is 6.10. The summed E-state index contributed by atoms with van der Waals surface area (Å²) in [7, 11) is 0. The molecule has 4 rings (SSSR count). The van der Waals surface area contributed by atoms with Gasteiger partial charge in [0.25, 0.3) is 5.56 Å². The number of hydrogen-bond acceptors (Lipinski definition) is 4. The number of fused-ring (bicyclic) bond motifs is 1. The Bertz CT molecular complexity index is 1250. The Hall–Kier alpha value is -3.39. The number of pyridine rings is 1. The molecule has 166 valence electrons. The minimum Gasteiger partial charge on any atom is -0.485 e. The molecule has 0 radical (unpaired) electrons. The molecule has 3 aromatic rings. The highest BCUT2D eigenvalue weighted by atomic mass is 19.4. The number of hydrogen-bond donors (Lipinski definition) is 1. The molecule has 2 unspecified atom stereocenters. The third-order valence-electron chi connectivity index (χ3n) is 5.60. The molecule has 5 nitrogen and oxygen atoms in total. The molecule has 0 saturated heterocycles. The van der Waals surface area contributed by atoms with E-state index in [1.807, 2.05) is 0 Å². The van der Waals surface area contributed by atoms with E-state index in [0.717, 1.165) is 12.1 Å². The summed E-state index contributed by atoms with van der Waals surface area (Å²) in [5.41, 5.74) is -2.62. The Labute approximate surface area is 181 Å². The smallest absolute Gasteiger partial charge is 0.417 e. The molecule has 0 saturated carbocycles. The zero-order valence-electron chi connectivity index (χ0n) is 17.3. The van der Waals surface area contributed by atoms with Gasteiger partial charge in [0.05, 0.1) is 11.6 Å². The maximum absolute atomic E-state index is 13.4. The summed E-state index contributed by atoms with van der Waals surface area (Å²) in [6.45, 7) is 3.33. The van der Waals surface area contributed by atoms with E-state index < -0.39 is 40.8 Å². The summed E-state index contributed by atoms with van der Waals surface area (Å²) >= 11 is 0. The normalized spacial score (nSPS) is 19.7. The van der Waals surface area contributed by atoms with Crippen LogP contribution in [0.25, 0.3) is 0 Å². The van der Waals surface area contributed by atoms with Gasteiger partial charge in [0.1, 0.15) is 17.5 Å². The van der Waals surface area contributed by atoms with E-state index >= 15 is 0 Å². The quantitative estimate of drug-likeness (QED) is 0.616. The van der Waals surface area contributed by atoms with Crippen LogP contribution in [0.5, 0.6) is 5.75 Å². The van der Waals surface area contributed by atoms with Gasteiger partial charge in [-0.15, -0.1) is 0 Å². The molecule has 1 aliphatic rings. The van der Waals surface area contributed by atoms with Gasteiger partial charge in [-0.25, -0.2) is 0 Å². The first-order valence-corrected chi connectivity index (χ1v) is 9.90. The van der Waals surface area contributed by atoms with Crippen molar-refractivity contribution in [1.29, 1.82) is 0 Å². The third-order valence-corrected chi connectivity index (χ3v) is 5.60. The Balaban J connectivity index is 1.87. The Morgan fingerprint density at radius 1 is 1.06 bits per heavy atom.